The molecule has 14 heavy (non-hydrogen) atoms. The molecule has 6 nitrogen and oxygen atoms in total. The highest BCUT2D eigenvalue weighted by molar-refractivity contribution is 5.65. The molecule has 1 aromatic rings. The van der Waals surface area contributed by atoms with Crippen LogP contribution in [0.2, 0.25) is 0 Å². The molecule has 0 aromatic heterocycles. The van der Waals surface area contributed by atoms with Crippen molar-refractivity contribution in [2.75, 3.05) is 5.73 Å². The second-order valence-electron chi connectivity index (χ2n) is 2.44. The van der Waals surface area contributed by atoms with Crippen molar-refractivity contribution in [3.8, 4) is 12.1 Å². The van der Waals surface area contributed by atoms with Gasteiger partial charge in [-0.25, -0.2) is 0 Å². The normalized spacial score (nSPS) is 8.71. The minimum absolute atomic E-state index is 0.00398. The van der Waals surface area contributed by atoms with Crippen LogP contribution in [0.4, 0.5) is 11.4 Å². The maximum absolute atomic E-state index is 10.5. The Morgan fingerprint density at radius 2 is 1.86 bits per heavy atom. The van der Waals surface area contributed by atoms with Crippen molar-refractivity contribution in [1.82, 2.24) is 0 Å². The van der Waals surface area contributed by atoms with Crippen LogP contribution in [-0.2, 0) is 0 Å². The van der Waals surface area contributed by atoms with Gasteiger partial charge < -0.3 is 5.73 Å². The minimum Gasteiger partial charge on any atom is -0.398 e. The third-order valence-electron chi connectivity index (χ3n) is 1.61. The van der Waals surface area contributed by atoms with E-state index >= 15 is 0 Å². The first-order valence-electron chi connectivity index (χ1n) is 3.48. The predicted molar refractivity (Wildman–Crippen MR) is 46.9 cm³/mol. The number of nitro benzene ring substituents is 1. The number of nitrogens with two attached hydrogens (primary N) is 1. The molecule has 0 amide bonds. The molecular weight excluding hydrogens is 184 g/mol. The fourth-order valence-electron chi connectivity index (χ4n) is 0.942. The van der Waals surface area contributed by atoms with E-state index in [0.717, 1.165) is 12.1 Å². The topological polar surface area (TPSA) is 117 Å². The summed E-state index contributed by atoms with van der Waals surface area (Å²) in [4.78, 5) is 9.74. The summed E-state index contributed by atoms with van der Waals surface area (Å²) < 4.78 is 0. The number of hydrogen-bond donors (Lipinski definition) is 1. The lowest BCUT2D eigenvalue weighted by molar-refractivity contribution is -0.385. The van der Waals surface area contributed by atoms with Crippen LogP contribution < -0.4 is 5.73 Å². The number of rotatable bonds is 1. The Balaban J connectivity index is 3.52. The molecule has 0 saturated carbocycles. The van der Waals surface area contributed by atoms with E-state index in [1.165, 1.54) is 0 Å². The van der Waals surface area contributed by atoms with E-state index < -0.39 is 10.6 Å². The fraction of sp³-hybridized carbons (Fsp3) is 0. The van der Waals surface area contributed by atoms with Crippen LogP contribution in [-0.4, -0.2) is 4.92 Å². The Morgan fingerprint density at radius 1 is 1.29 bits per heavy atom. The summed E-state index contributed by atoms with van der Waals surface area (Å²) in [6.07, 6.45) is 0. The lowest BCUT2D eigenvalue weighted by Gasteiger charge is -1.98. The van der Waals surface area contributed by atoms with Crippen LogP contribution in [0.5, 0.6) is 0 Å². The molecule has 0 aliphatic heterocycles. The van der Waals surface area contributed by atoms with E-state index in [9.17, 15) is 10.1 Å². The maximum Gasteiger partial charge on any atom is 0.288 e. The van der Waals surface area contributed by atoms with Gasteiger partial charge in [0.05, 0.1) is 16.2 Å². The summed E-state index contributed by atoms with van der Waals surface area (Å²) in [5.74, 6) is 0. The molecule has 0 fully saturated rings. The third kappa shape index (κ3) is 1.45. The van der Waals surface area contributed by atoms with Gasteiger partial charge in [0.1, 0.15) is 17.7 Å². The number of nitriles is 2. The quantitative estimate of drug-likeness (QED) is 0.399. The van der Waals surface area contributed by atoms with Crippen molar-refractivity contribution in [2.45, 2.75) is 0 Å². The summed E-state index contributed by atoms with van der Waals surface area (Å²) in [6, 6.07) is 5.46. The average Bonchev–Trinajstić information content (AvgIpc) is 2.16. The average molecular weight is 188 g/mol. The van der Waals surface area contributed by atoms with E-state index in [4.69, 9.17) is 16.3 Å². The molecule has 0 radical (unpaired) electrons. The smallest absolute Gasteiger partial charge is 0.288 e. The first-order valence-corrected chi connectivity index (χ1v) is 3.48. The number of benzene rings is 1. The van der Waals surface area contributed by atoms with Gasteiger partial charge in [-0.1, -0.05) is 0 Å². The molecule has 68 valence electrons. The summed E-state index contributed by atoms with van der Waals surface area (Å²) in [5.41, 5.74) is 4.89. The lowest BCUT2D eigenvalue weighted by Crippen LogP contribution is -1.97. The van der Waals surface area contributed by atoms with Gasteiger partial charge in [-0.2, -0.15) is 10.5 Å². The van der Waals surface area contributed by atoms with Crippen LogP contribution in [0.25, 0.3) is 0 Å². The minimum atomic E-state index is -0.723. The number of hydrogen-bond acceptors (Lipinski definition) is 5. The summed E-state index contributed by atoms with van der Waals surface area (Å²) >= 11 is 0. The van der Waals surface area contributed by atoms with Crippen molar-refractivity contribution < 1.29 is 4.92 Å². The summed E-state index contributed by atoms with van der Waals surface area (Å²) in [5, 5.41) is 27.6. The molecule has 0 spiro atoms. The van der Waals surface area contributed by atoms with E-state index in [-0.39, 0.29) is 16.8 Å². The van der Waals surface area contributed by atoms with Crippen molar-refractivity contribution in [3.05, 3.63) is 33.4 Å². The Kier molecular flexibility index (Phi) is 2.32. The lowest BCUT2D eigenvalue weighted by atomic mass is 10.1. The molecule has 0 aliphatic rings. The number of nitro groups is 1. The van der Waals surface area contributed by atoms with Gasteiger partial charge in [0.2, 0.25) is 0 Å². The Morgan fingerprint density at radius 3 is 2.29 bits per heavy atom. The second kappa shape index (κ2) is 3.42. The highest BCUT2D eigenvalue weighted by Crippen LogP contribution is 2.23. The highest BCUT2D eigenvalue weighted by atomic mass is 16.6. The first-order chi connectivity index (χ1) is 6.60. The van der Waals surface area contributed by atoms with E-state index in [1.807, 2.05) is 0 Å². The second-order valence-corrected chi connectivity index (χ2v) is 2.44. The third-order valence-corrected chi connectivity index (χ3v) is 1.61. The molecule has 0 atom stereocenters. The molecule has 0 bridgehead atoms. The molecule has 6 heteroatoms. The maximum atomic E-state index is 10.5. The summed E-state index contributed by atoms with van der Waals surface area (Å²) in [7, 11) is 0. The standard InChI is InChI=1S/C8H4N4O2/c9-3-5-2-8(12(13)14)6(4-10)1-7(5)11/h1-2H,11H2. The SMILES string of the molecule is N#Cc1cc([N+](=O)[O-])c(C#N)cc1N. The molecule has 0 aliphatic carbocycles. The van der Waals surface area contributed by atoms with Crippen LogP contribution in [0, 0.1) is 32.8 Å². The van der Waals surface area contributed by atoms with Crippen LogP contribution >= 0.6 is 0 Å². The zero-order valence-corrected chi connectivity index (χ0v) is 6.89. The zero-order valence-electron chi connectivity index (χ0n) is 6.89. The Labute approximate surface area is 78.9 Å². The molecular formula is C8H4N4O2. The monoisotopic (exact) mass is 188 g/mol. The predicted octanol–water partition coefficient (Wildman–Crippen LogP) is 0.920. The van der Waals surface area contributed by atoms with Gasteiger partial charge in [0.25, 0.3) is 5.69 Å². The van der Waals surface area contributed by atoms with Gasteiger partial charge in [-0.05, 0) is 6.07 Å². The number of nitrogens with zero attached hydrogens (tertiary/aromatic N) is 3. The van der Waals surface area contributed by atoms with Crippen molar-refractivity contribution in [1.29, 1.82) is 10.5 Å². The van der Waals surface area contributed by atoms with Gasteiger partial charge in [-0.15, -0.1) is 0 Å². The van der Waals surface area contributed by atoms with E-state index in [2.05, 4.69) is 0 Å². The van der Waals surface area contributed by atoms with Gasteiger partial charge in [0.15, 0.2) is 0 Å². The highest BCUT2D eigenvalue weighted by Gasteiger charge is 2.16. The van der Waals surface area contributed by atoms with Crippen molar-refractivity contribution in [2.24, 2.45) is 0 Å². The zero-order chi connectivity index (χ0) is 10.7. The van der Waals surface area contributed by atoms with Crippen LogP contribution in [0.1, 0.15) is 11.1 Å². The fourth-order valence-corrected chi connectivity index (χ4v) is 0.942. The number of nitrogen functional groups attached to an aromatic ring is 1. The molecule has 1 aromatic carbocycles. The molecule has 0 saturated heterocycles. The van der Waals surface area contributed by atoms with Crippen molar-refractivity contribution in [3.63, 3.8) is 0 Å². The molecule has 2 N–H and O–H groups in total. The Bertz CT molecular complexity index is 481. The summed E-state index contributed by atoms with van der Waals surface area (Å²) in [6.45, 7) is 0. The van der Waals surface area contributed by atoms with Crippen LogP contribution in [0.3, 0.4) is 0 Å². The Hall–Kier alpha value is -2.60. The van der Waals surface area contributed by atoms with Gasteiger partial charge in [-0.3, -0.25) is 10.1 Å². The van der Waals surface area contributed by atoms with Crippen LogP contribution in [0.15, 0.2) is 12.1 Å². The number of anilines is 1. The first kappa shape index (κ1) is 9.49. The molecule has 0 unspecified atom stereocenters. The van der Waals surface area contributed by atoms with Gasteiger partial charge in [0, 0.05) is 6.07 Å². The molecule has 1 rings (SSSR count). The van der Waals surface area contributed by atoms with Gasteiger partial charge >= 0.3 is 0 Å². The van der Waals surface area contributed by atoms with Crippen molar-refractivity contribution >= 4 is 11.4 Å². The van der Waals surface area contributed by atoms with E-state index in [0.29, 0.717) is 0 Å². The van der Waals surface area contributed by atoms with E-state index in [1.54, 1.807) is 12.1 Å². The molecule has 0 heterocycles. The largest absolute Gasteiger partial charge is 0.398 e.